The zero-order chi connectivity index (χ0) is 10.7. The summed E-state index contributed by atoms with van der Waals surface area (Å²) in [5, 5.41) is 3.70. The van der Waals surface area contributed by atoms with Crippen LogP contribution in [0.15, 0.2) is 12.2 Å². The van der Waals surface area contributed by atoms with Gasteiger partial charge in [0.1, 0.15) is 0 Å². The number of nitrogens with one attached hydrogen (secondary N) is 1. The summed E-state index contributed by atoms with van der Waals surface area (Å²) in [6.07, 6.45) is 9.86. The van der Waals surface area contributed by atoms with E-state index in [0.717, 1.165) is 17.9 Å². The van der Waals surface area contributed by atoms with E-state index in [-0.39, 0.29) is 0 Å². The second kappa shape index (κ2) is 5.16. The zero-order valence-electron chi connectivity index (χ0n) is 10.1. The van der Waals surface area contributed by atoms with Gasteiger partial charge < -0.3 is 5.32 Å². The second-order valence-corrected chi connectivity index (χ2v) is 5.65. The standard InChI is InChI=1S/C14H25N/c1-11(2)9-12-5-3-4-6-13(12)10-15-14-7-8-14/h12-15H,1,3-10H2,2H3. The molecule has 2 aliphatic rings. The molecule has 86 valence electrons. The van der Waals surface area contributed by atoms with Gasteiger partial charge in [-0.1, -0.05) is 18.4 Å². The first-order valence-electron chi connectivity index (χ1n) is 6.63. The molecule has 15 heavy (non-hydrogen) atoms. The molecule has 0 aromatic heterocycles. The van der Waals surface area contributed by atoms with Crippen molar-refractivity contribution in [1.82, 2.24) is 5.32 Å². The van der Waals surface area contributed by atoms with Crippen LogP contribution < -0.4 is 5.32 Å². The Labute approximate surface area is 94.3 Å². The van der Waals surface area contributed by atoms with Crippen molar-refractivity contribution < 1.29 is 0 Å². The molecule has 0 bridgehead atoms. The molecule has 0 heterocycles. The molecule has 0 radical (unpaired) electrons. The molecule has 2 unspecified atom stereocenters. The summed E-state index contributed by atoms with van der Waals surface area (Å²) in [5.74, 6) is 1.85. The maximum absolute atomic E-state index is 4.07. The summed E-state index contributed by atoms with van der Waals surface area (Å²) in [6.45, 7) is 7.52. The Morgan fingerprint density at radius 3 is 2.40 bits per heavy atom. The van der Waals surface area contributed by atoms with E-state index in [1.165, 1.54) is 57.1 Å². The molecular weight excluding hydrogens is 182 g/mol. The molecule has 0 aromatic rings. The molecule has 0 aliphatic heterocycles. The predicted molar refractivity (Wildman–Crippen MR) is 65.9 cm³/mol. The van der Waals surface area contributed by atoms with E-state index in [9.17, 15) is 0 Å². The molecule has 2 aliphatic carbocycles. The molecule has 1 nitrogen and oxygen atoms in total. The molecule has 2 fully saturated rings. The Morgan fingerprint density at radius 1 is 1.13 bits per heavy atom. The number of hydrogen-bond acceptors (Lipinski definition) is 1. The lowest BCUT2D eigenvalue weighted by Crippen LogP contribution is -2.31. The van der Waals surface area contributed by atoms with E-state index in [1.54, 1.807) is 0 Å². The highest BCUT2D eigenvalue weighted by atomic mass is 14.9. The maximum atomic E-state index is 4.07. The molecule has 1 heteroatoms. The van der Waals surface area contributed by atoms with Gasteiger partial charge in [-0.25, -0.2) is 0 Å². The van der Waals surface area contributed by atoms with Crippen molar-refractivity contribution in [1.29, 1.82) is 0 Å². The van der Waals surface area contributed by atoms with Gasteiger partial charge in [-0.3, -0.25) is 0 Å². The van der Waals surface area contributed by atoms with Gasteiger partial charge >= 0.3 is 0 Å². The number of rotatable bonds is 5. The van der Waals surface area contributed by atoms with Crippen LogP contribution >= 0.6 is 0 Å². The first kappa shape index (κ1) is 11.2. The van der Waals surface area contributed by atoms with Crippen LogP contribution in [0.2, 0.25) is 0 Å². The predicted octanol–water partition coefficient (Wildman–Crippen LogP) is 3.51. The summed E-state index contributed by atoms with van der Waals surface area (Å²) in [4.78, 5) is 0. The molecule has 0 amide bonds. The lowest BCUT2D eigenvalue weighted by molar-refractivity contribution is 0.228. The third-order valence-electron chi connectivity index (χ3n) is 3.92. The molecule has 2 saturated carbocycles. The minimum Gasteiger partial charge on any atom is -0.314 e. The Morgan fingerprint density at radius 2 is 1.80 bits per heavy atom. The first-order chi connectivity index (χ1) is 7.25. The smallest absolute Gasteiger partial charge is 0.00683 e. The van der Waals surface area contributed by atoms with E-state index < -0.39 is 0 Å². The summed E-state index contributed by atoms with van der Waals surface area (Å²) in [6, 6.07) is 0.873. The van der Waals surface area contributed by atoms with Crippen molar-refractivity contribution >= 4 is 0 Å². The van der Waals surface area contributed by atoms with Crippen molar-refractivity contribution in [3.05, 3.63) is 12.2 Å². The van der Waals surface area contributed by atoms with Gasteiger partial charge in [0.25, 0.3) is 0 Å². The summed E-state index contributed by atoms with van der Waals surface area (Å²) in [7, 11) is 0. The van der Waals surface area contributed by atoms with E-state index in [0.29, 0.717) is 0 Å². The van der Waals surface area contributed by atoms with E-state index in [2.05, 4.69) is 18.8 Å². The van der Waals surface area contributed by atoms with Crippen LogP contribution in [0.3, 0.4) is 0 Å². The van der Waals surface area contributed by atoms with Gasteiger partial charge in [0.2, 0.25) is 0 Å². The highest BCUT2D eigenvalue weighted by molar-refractivity contribution is 4.94. The molecule has 2 atom stereocenters. The van der Waals surface area contributed by atoms with E-state index in [4.69, 9.17) is 0 Å². The molecule has 0 saturated heterocycles. The highest BCUT2D eigenvalue weighted by Gasteiger charge is 2.27. The first-order valence-corrected chi connectivity index (χ1v) is 6.63. The third-order valence-corrected chi connectivity index (χ3v) is 3.92. The van der Waals surface area contributed by atoms with Gasteiger partial charge in [0.05, 0.1) is 0 Å². The fraction of sp³-hybridized carbons (Fsp3) is 0.857. The fourth-order valence-corrected chi connectivity index (χ4v) is 2.87. The normalized spacial score (nSPS) is 31.5. The van der Waals surface area contributed by atoms with Gasteiger partial charge in [-0.2, -0.15) is 0 Å². The van der Waals surface area contributed by atoms with Gasteiger partial charge in [0.15, 0.2) is 0 Å². The number of allylic oxidation sites excluding steroid dienone is 1. The Hall–Kier alpha value is -0.300. The van der Waals surface area contributed by atoms with E-state index in [1.807, 2.05) is 0 Å². The van der Waals surface area contributed by atoms with Crippen LogP contribution in [0.1, 0.15) is 51.9 Å². The lowest BCUT2D eigenvalue weighted by Gasteiger charge is -2.32. The average Bonchev–Trinajstić information content (AvgIpc) is 2.99. The molecule has 1 N–H and O–H groups in total. The Kier molecular flexibility index (Phi) is 3.85. The van der Waals surface area contributed by atoms with E-state index >= 15 is 0 Å². The fourth-order valence-electron chi connectivity index (χ4n) is 2.87. The van der Waals surface area contributed by atoms with Crippen LogP contribution in [0.5, 0.6) is 0 Å². The quantitative estimate of drug-likeness (QED) is 0.680. The largest absolute Gasteiger partial charge is 0.314 e. The molecular formula is C14H25N. The minimum absolute atomic E-state index is 0.873. The van der Waals surface area contributed by atoms with Crippen LogP contribution in [0.4, 0.5) is 0 Å². The van der Waals surface area contributed by atoms with Crippen LogP contribution in [0, 0.1) is 11.8 Å². The van der Waals surface area contributed by atoms with Crippen molar-refractivity contribution in [2.45, 2.75) is 57.9 Å². The summed E-state index contributed by atoms with van der Waals surface area (Å²) in [5.41, 5.74) is 1.37. The lowest BCUT2D eigenvalue weighted by atomic mass is 9.76. The summed E-state index contributed by atoms with van der Waals surface area (Å²) < 4.78 is 0. The van der Waals surface area contributed by atoms with Crippen molar-refractivity contribution in [3.8, 4) is 0 Å². The summed E-state index contributed by atoms with van der Waals surface area (Å²) >= 11 is 0. The van der Waals surface area contributed by atoms with Crippen LogP contribution in [-0.2, 0) is 0 Å². The third kappa shape index (κ3) is 3.64. The van der Waals surface area contributed by atoms with Gasteiger partial charge in [-0.15, -0.1) is 6.58 Å². The van der Waals surface area contributed by atoms with Crippen LogP contribution in [-0.4, -0.2) is 12.6 Å². The molecule has 0 aromatic carbocycles. The topological polar surface area (TPSA) is 12.0 Å². The maximum Gasteiger partial charge on any atom is 0.00683 e. The van der Waals surface area contributed by atoms with Crippen molar-refractivity contribution in [2.24, 2.45) is 11.8 Å². The zero-order valence-corrected chi connectivity index (χ0v) is 10.1. The Balaban J connectivity index is 1.78. The number of hydrogen-bond donors (Lipinski definition) is 1. The Bertz CT molecular complexity index is 217. The van der Waals surface area contributed by atoms with Gasteiger partial charge in [-0.05, 0) is 57.4 Å². The molecule has 0 spiro atoms. The van der Waals surface area contributed by atoms with Crippen molar-refractivity contribution in [3.63, 3.8) is 0 Å². The molecule has 2 rings (SSSR count). The average molecular weight is 207 g/mol. The highest BCUT2D eigenvalue weighted by Crippen LogP contribution is 2.34. The van der Waals surface area contributed by atoms with Gasteiger partial charge in [0, 0.05) is 6.04 Å². The SMILES string of the molecule is C=C(C)CC1CCCCC1CNC1CC1. The van der Waals surface area contributed by atoms with Crippen LogP contribution in [0.25, 0.3) is 0 Å². The van der Waals surface area contributed by atoms with Crippen molar-refractivity contribution in [2.75, 3.05) is 6.54 Å². The monoisotopic (exact) mass is 207 g/mol. The minimum atomic E-state index is 0.873. The second-order valence-electron chi connectivity index (χ2n) is 5.65.